The molecule has 1 atom stereocenters. The number of hydrogen-bond donors (Lipinski definition) is 3. The zero-order valence-electron chi connectivity index (χ0n) is 8.68. The van der Waals surface area contributed by atoms with Gasteiger partial charge in [-0.1, -0.05) is 0 Å². The second kappa shape index (κ2) is 6.19. The average molecular weight is 242 g/mol. The minimum Gasteiger partial charge on any atom is -0.370 e. The molecule has 0 spiro atoms. The van der Waals surface area contributed by atoms with Crippen LogP contribution in [0.25, 0.3) is 0 Å². The lowest BCUT2D eigenvalue weighted by molar-refractivity contribution is -0.126. The first-order valence-corrected chi connectivity index (χ1v) is 5.67. The Bertz CT molecular complexity index is 352. The summed E-state index contributed by atoms with van der Waals surface area (Å²) in [5.41, 5.74) is 10.4. The number of carbonyl (C=O) groups is 2. The molecule has 7 heteroatoms. The monoisotopic (exact) mass is 242 g/mol. The molecule has 16 heavy (non-hydrogen) atoms. The van der Waals surface area contributed by atoms with Crippen LogP contribution in [0.2, 0.25) is 0 Å². The van der Waals surface area contributed by atoms with E-state index >= 15 is 0 Å². The molecule has 0 aliphatic heterocycles. The van der Waals surface area contributed by atoms with Crippen LogP contribution < -0.4 is 16.8 Å². The average Bonchev–Trinajstić information content (AvgIpc) is 2.69. The van der Waals surface area contributed by atoms with E-state index in [1.54, 1.807) is 6.20 Å². The van der Waals surface area contributed by atoms with Crippen LogP contribution in [0.1, 0.15) is 11.4 Å². The maximum atomic E-state index is 11.3. The summed E-state index contributed by atoms with van der Waals surface area (Å²) in [5, 5.41) is 5.44. The molecule has 0 aliphatic carbocycles. The second-order valence-corrected chi connectivity index (χ2v) is 4.22. The molecule has 0 aliphatic rings. The third kappa shape index (κ3) is 4.37. The van der Waals surface area contributed by atoms with Crippen molar-refractivity contribution in [1.29, 1.82) is 0 Å². The number of aromatic nitrogens is 1. The normalized spacial score (nSPS) is 12.1. The lowest BCUT2D eigenvalue weighted by Gasteiger charge is -2.09. The first kappa shape index (κ1) is 12.6. The quantitative estimate of drug-likeness (QED) is 0.594. The van der Waals surface area contributed by atoms with Gasteiger partial charge < -0.3 is 16.8 Å². The highest BCUT2D eigenvalue weighted by molar-refractivity contribution is 7.09. The lowest BCUT2D eigenvalue weighted by Crippen LogP contribution is -2.43. The van der Waals surface area contributed by atoms with Gasteiger partial charge in [0.2, 0.25) is 11.8 Å². The van der Waals surface area contributed by atoms with Crippen molar-refractivity contribution < 1.29 is 9.59 Å². The third-order valence-electron chi connectivity index (χ3n) is 1.88. The molecule has 0 saturated heterocycles. The van der Waals surface area contributed by atoms with Crippen LogP contribution in [0.3, 0.4) is 0 Å². The molecule has 0 fully saturated rings. The number of nitrogens with two attached hydrogens (primary N) is 2. The van der Waals surface area contributed by atoms with Crippen LogP contribution >= 0.6 is 11.3 Å². The first-order valence-electron chi connectivity index (χ1n) is 4.79. The Labute approximate surface area is 97.0 Å². The molecule has 2 amide bonds. The van der Waals surface area contributed by atoms with Gasteiger partial charge in [0.15, 0.2) is 0 Å². The highest BCUT2D eigenvalue weighted by atomic mass is 32.1. The van der Waals surface area contributed by atoms with Crippen LogP contribution in [0, 0.1) is 0 Å². The van der Waals surface area contributed by atoms with Crippen molar-refractivity contribution in [2.24, 2.45) is 11.5 Å². The van der Waals surface area contributed by atoms with E-state index in [1.165, 1.54) is 11.3 Å². The SMILES string of the molecule is NC(=O)CC(N)C(=O)NCCc1nccs1. The van der Waals surface area contributed by atoms with Crippen molar-refractivity contribution in [2.45, 2.75) is 18.9 Å². The third-order valence-corrected chi connectivity index (χ3v) is 2.72. The summed E-state index contributed by atoms with van der Waals surface area (Å²) < 4.78 is 0. The van der Waals surface area contributed by atoms with Gasteiger partial charge in [0.1, 0.15) is 0 Å². The van der Waals surface area contributed by atoms with Gasteiger partial charge in [-0.05, 0) is 0 Å². The number of nitrogens with one attached hydrogen (secondary N) is 1. The Morgan fingerprint density at radius 2 is 2.31 bits per heavy atom. The molecular weight excluding hydrogens is 228 g/mol. The van der Waals surface area contributed by atoms with E-state index in [9.17, 15) is 9.59 Å². The molecule has 1 aromatic rings. The van der Waals surface area contributed by atoms with E-state index in [4.69, 9.17) is 11.5 Å². The van der Waals surface area contributed by atoms with Crippen molar-refractivity contribution >= 4 is 23.2 Å². The summed E-state index contributed by atoms with van der Waals surface area (Å²) in [6, 6.07) is -0.867. The predicted molar refractivity (Wildman–Crippen MR) is 60.6 cm³/mol. The smallest absolute Gasteiger partial charge is 0.237 e. The zero-order valence-corrected chi connectivity index (χ0v) is 9.50. The topological polar surface area (TPSA) is 111 Å². The van der Waals surface area contributed by atoms with E-state index in [0.717, 1.165) is 5.01 Å². The summed E-state index contributed by atoms with van der Waals surface area (Å²) in [4.78, 5) is 25.9. The standard InChI is InChI=1S/C9H14N4O2S/c10-6(5-7(11)14)9(15)13-2-1-8-12-3-4-16-8/h3-4,6H,1-2,5,10H2,(H2,11,14)(H,13,15). The van der Waals surface area contributed by atoms with Gasteiger partial charge in [0.05, 0.1) is 17.5 Å². The number of primary amides is 1. The highest BCUT2D eigenvalue weighted by Gasteiger charge is 2.15. The van der Waals surface area contributed by atoms with Crippen molar-refractivity contribution in [3.8, 4) is 0 Å². The van der Waals surface area contributed by atoms with Gasteiger partial charge in [-0.15, -0.1) is 11.3 Å². The van der Waals surface area contributed by atoms with Gasteiger partial charge in [0.25, 0.3) is 0 Å². The fourth-order valence-corrected chi connectivity index (χ4v) is 1.73. The van der Waals surface area contributed by atoms with E-state index < -0.39 is 11.9 Å². The molecule has 88 valence electrons. The zero-order chi connectivity index (χ0) is 12.0. The van der Waals surface area contributed by atoms with Crippen LogP contribution in [0.5, 0.6) is 0 Å². The largest absolute Gasteiger partial charge is 0.370 e. The fourth-order valence-electron chi connectivity index (χ4n) is 1.11. The molecule has 5 N–H and O–H groups in total. The molecule has 6 nitrogen and oxygen atoms in total. The molecule has 1 rings (SSSR count). The van der Waals surface area contributed by atoms with Gasteiger partial charge in [-0.2, -0.15) is 0 Å². The fraction of sp³-hybridized carbons (Fsp3) is 0.444. The number of amides is 2. The molecule has 0 aromatic carbocycles. The Morgan fingerprint density at radius 3 is 2.88 bits per heavy atom. The minimum atomic E-state index is -0.867. The first-order chi connectivity index (χ1) is 7.59. The number of nitrogens with zero attached hydrogens (tertiary/aromatic N) is 1. The molecule has 1 heterocycles. The summed E-state index contributed by atoms with van der Waals surface area (Å²) in [6.45, 7) is 0.457. The van der Waals surface area contributed by atoms with Gasteiger partial charge in [-0.25, -0.2) is 4.98 Å². The second-order valence-electron chi connectivity index (χ2n) is 3.24. The van der Waals surface area contributed by atoms with Gasteiger partial charge >= 0.3 is 0 Å². The Hall–Kier alpha value is -1.47. The maximum Gasteiger partial charge on any atom is 0.237 e. The molecule has 0 saturated carbocycles. The van der Waals surface area contributed by atoms with Crippen molar-refractivity contribution in [2.75, 3.05) is 6.54 Å². The molecule has 0 radical (unpaired) electrons. The Morgan fingerprint density at radius 1 is 1.56 bits per heavy atom. The predicted octanol–water partition coefficient (Wildman–Crippen LogP) is -0.996. The molecular formula is C9H14N4O2S. The molecule has 0 bridgehead atoms. The van der Waals surface area contributed by atoms with Crippen LogP contribution in [0.15, 0.2) is 11.6 Å². The van der Waals surface area contributed by atoms with Crippen LogP contribution in [-0.4, -0.2) is 29.4 Å². The van der Waals surface area contributed by atoms with E-state index in [-0.39, 0.29) is 12.3 Å². The van der Waals surface area contributed by atoms with Crippen LogP contribution in [0.4, 0.5) is 0 Å². The van der Waals surface area contributed by atoms with E-state index in [0.29, 0.717) is 13.0 Å². The Balaban J connectivity index is 2.22. The maximum absolute atomic E-state index is 11.3. The summed E-state index contributed by atoms with van der Waals surface area (Å²) >= 11 is 1.53. The van der Waals surface area contributed by atoms with Gasteiger partial charge in [-0.3, -0.25) is 9.59 Å². The number of thiazole rings is 1. The number of hydrogen-bond acceptors (Lipinski definition) is 5. The lowest BCUT2D eigenvalue weighted by atomic mass is 10.2. The van der Waals surface area contributed by atoms with Crippen LogP contribution in [-0.2, 0) is 16.0 Å². The van der Waals surface area contributed by atoms with E-state index in [2.05, 4.69) is 10.3 Å². The van der Waals surface area contributed by atoms with Crippen molar-refractivity contribution in [3.63, 3.8) is 0 Å². The van der Waals surface area contributed by atoms with E-state index in [1.807, 2.05) is 5.38 Å². The summed E-state index contributed by atoms with van der Waals surface area (Å²) in [6.07, 6.45) is 2.23. The molecule has 1 aromatic heterocycles. The highest BCUT2D eigenvalue weighted by Crippen LogP contribution is 2.03. The summed E-state index contributed by atoms with van der Waals surface area (Å²) in [7, 11) is 0. The number of carbonyl (C=O) groups excluding carboxylic acids is 2. The van der Waals surface area contributed by atoms with Crippen molar-refractivity contribution in [1.82, 2.24) is 10.3 Å². The minimum absolute atomic E-state index is 0.136. The van der Waals surface area contributed by atoms with Crippen molar-refractivity contribution in [3.05, 3.63) is 16.6 Å². The van der Waals surface area contributed by atoms with Gasteiger partial charge in [0, 0.05) is 24.5 Å². The molecule has 1 unspecified atom stereocenters. The summed E-state index contributed by atoms with van der Waals surface area (Å²) in [5.74, 6) is -0.946. The number of rotatable bonds is 6. The Kier molecular flexibility index (Phi) is 4.87.